The maximum atomic E-state index is 5.58. The third-order valence-electron chi connectivity index (χ3n) is 4.59. The first-order chi connectivity index (χ1) is 11.4. The van der Waals surface area contributed by atoms with Gasteiger partial charge in [0.2, 0.25) is 0 Å². The summed E-state index contributed by atoms with van der Waals surface area (Å²) in [6, 6.07) is 19.2. The molecule has 0 amide bonds. The molecule has 4 rings (SSSR count). The van der Waals surface area contributed by atoms with Crippen molar-refractivity contribution in [3.05, 3.63) is 71.3 Å². The van der Waals surface area contributed by atoms with Gasteiger partial charge in [-0.05, 0) is 30.4 Å². The molecule has 3 heteroatoms. The van der Waals surface area contributed by atoms with Gasteiger partial charge in [-0.15, -0.1) is 0 Å². The Hall–Kier alpha value is -2.13. The van der Waals surface area contributed by atoms with Gasteiger partial charge in [0.15, 0.2) is 0 Å². The van der Waals surface area contributed by atoms with Crippen LogP contribution in [0.25, 0.3) is 0 Å². The molecule has 2 atom stereocenters. The van der Waals surface area contributed by atoms with Gasteiger partial charge >= 0.3 is 0 Å². The van der Waals surface area contributed by atoms with Crippen molar-refractivity contribution in [1.29, 1.82) is 0 Å². The standard InChI is InChI=1S/C20H21NO2/c1-2-6-15(7-3-1)12-17-11-10-16-8-4-5-9-19(16)20(17)21-23-14-18-13-22-18/h1-9,17-18H,10-14H2. The second kappa shape index (κ2) is 6.55. The fourth-order valence-corrected chi connectivity index (χ4v) is 3.25. The van der Waals surface area contributed by atoms with E-state index >= 15 is 0 Å². The Morgan fingerprint density at radius 2 is 1.83 bits per heavy atom. The molecular formula is C20H21NO2. The van der Waals surface area contributed by atoms with E-state index in [1.807, 2.05) is 0 Å². The molecule has 2 unspecified atom stereocenters. The van der Waals surface area contributed by atoms with Crippen molar-refractivity contribution in [3.63, 3.8) is 0 Å². The number of epoxide rings is 1. The molecule has 118 valence electrons. The highest BCUT2D eigenvalue weighted by atomic mass is 16.7. The van der Waals surface area contributed by atoms with Crippen molar-refractivity contribution >= 4 is 5.71 Å². The predicted octanol–water partition coefficient (Wildman–Crippen LogP) is 3.61. The quantitative estimate of drug-likeness (QED) is 0.624. The van der Waals surface area contributed by atoms with E-state index in [2.05, 4.69) is 59.8 Å². The van der Waals surface area contributed by atoms with E-state index in [9.17, 15) is 0 Å². The van der Waals surface area contributed by atoms with Crippen LogP contribution in [0.4, 0.5) is 0 Å². The van der Waals surface area contributed by atoms with Crippen LogP contribution in [0.1, 0.15) is 23.1 Å². The molecule has 3 nitrogen and oxygen atoms in total. The minimum atomic E-state index is 0.241. The predicted molar refractivity (Wildman–Crippen MR) is 90.6 cm³/mol. The van der Waals surface area contributed by atoms with Gasteiger partial charge < -0.3 is 9.57 Å². The van der Waals surface area contributed by atoms with Crippen molar-refractivity contribution in [2.75, 3.05) is 13.2 Å². The molecule has 1 saturated heterocycles. The van der Waals surface area contributed by atoms with Gasteiger partial charge in [-0.3, -0.25) is 0 Å². The maximum absolute atomic E-state index is 5.58. The van der Waals surface area contributed by atoms with E-state index in [-0.39, 0.29) is 6.10 Å². The summed E-state index contributed by atoms with van der Waals surface area (Å²) in [6.45, 7) is 1.36. The van der Waals surface area contributed by atoms with E-state index in [1.54, 1.807) is 0 Å². The second-order valence-electron chi connectivity index (χ2n) is 6.31. The van der Waals surface area contributed by atoms with Gasteiger partial charge in [0.1, 0.15) is 12.7 Å². The molecule has 1 aliphatic heterocycles. The number of rotatable bonds is 5. The molecule has 2 aromatic carbocycles. The summed E-state index contributed by atoms with van der Waals surface area (Å²) in [6.07, 6.45) is 3.48. The lowest BCUT2D eigenvalue weighted by atomic mass is 9.79. The number of oxime groups is 1. The van der Waals surface area contributed by atoms with Crippen LogP contribution in [0.3, 0.4) is 0 Å². The van der Waals surface area contributed by atoms with Gasteiger partial charge in [0, 0.05) is 11.5 Å². The minimum absolute atomic E-state index is 0.241. The third kappa shape index (κ3) is 3.45. The Bertz CT molecular complexity index is 692. The largest absolute Gasteiger partial charge is 0.393 e. The number of hydrogen-bond donors (Lipinski definition) is 0. The summed E-state index contributed by atoms with van der Waals surface area (Å²) in [5.74, 6) is 0.410. The first kappa shape index (κ1) is 14.5. The van der Waals surface area contributed by atoms with Gasteiger partial charge in [-0.2, -0.15) is 0 Å². The normalized spacial score (nSPS) is 24.3. The first-order valence-electron chi connectivity index (χ1n) is 8.34. The van der Waals surface area contributed by atoms with Crippen LogP contribution >= 0.6 is 0 Å². The zero-order valence-corrected chi connectivity index (χ0v) is 13.2. The topological polar surface area (TPSA) is 34.1 Å². The van der Waals surface area contributed by atoms with Crippen LogP contribution in [0.15, 0.2) is 59.8 Å². The van der Waals surface area contributed by atoms with Gasteiger partial charge in [-0.1, -0.05) is 59.8 Å². The average Bonchev–Trinajstić information content (AvgIpc) is 3.42. The van der Waals surface area contributed by atoms with E-state index in [4.69, 9.17) is 9.57 Å². The highest BCUT2D eigenvalue weighted by molar-refractivity contribution is 6.04. The van der Waals surface area contributed by atoms with Crippen LogP contribution < -0.4 is 0 Å². The monoisotopic (exact) mass is 307 g/mol. The minimum Gasteiger partial charge on any atom is -0.393 e. The van der Waals surface area contributed by atoms with E-state index in [0.29, 0.717) is 12.5 Å². The first-order valence-corrected chi connectivity index (χ1v) is 8.34. The summed E-state index contributed by atoms with van der Waals surface area (Å²) in [4.78, 5) is 5.58. The Morgan fingerprint density at radius 1 is 1.04 bits per heavy atom. The number of hydrogen-bond acceptors (Lipinski definition) is 3. The molecule has 0 aromatic heterocycles. The van der Waals surface area contributed by atoms with E-state index in [1.165, 1.54) is 16.7 Å². The number of ether oxygens (including phenoxy) is 1. The highest BCUT2D eigenvalue weighted by Gasteiger charge is 2.27. The molecule has 23 heavy (non-hydrogen) atoms. The van der Waals surface area contributed by atoms with Crippen LogP contribution in [0, 0.1) is 5.92 Å². The molecule has 0 spiro atoms. The van der Waals surface area contributed by atoms with Crippen LogP contribution in [-0.2, 0) is 22.4 Å². The number of benzene rings is 2. The highest BCUT2D eigenvalue weighted by Crippen LogP contribution is 2.29. The van der Waals surface area contributed by atoms with Crippen molar-refractivity contribution in [2.24, 2.45) is 11.1 Å². The van der Waals surface area contributed by atoms with Crippen LogP contribution in [0.2, 0.25) is 0 Å². The van der Waals surface area contributed by atoms with Crippen molar-refractivity contribution < 1.29 is 9.57 Å². The summed E-state index contributed by atoms with van der Waals surface area (Å²) < 4.78 is 5.20. The van der Waals surface area contributed by atoms with Gasteiger partial charge in [-0.25, -0.2) is 0 Å². The molecule has 0 bridgehead atoms. The zero-order valence-electron chi connectivity index (χ0n) is 13.2. The molecule has 1 aliphatic carbocycles. The fraction of sp³-hybridized carbons (Fsp3) is 0.350. The average molecular weight is 307 g/mol. The van der Waals surface area contributed by atoms with Gasteiger partial charge in [0.25, 0.3) is 0 Å². The molecule has 0 N–H and O–H groups in total. The van der Waals surface area contributed by atoms with Crippen molar-refractivity contribution in [3.8, 4) is 0 Å². The zero-order chi connectivity index (χ0) is 15.5. The summed E-state index contributed by atoms with van der Waals surface area (Å²) in [5.41, 5.74) is 5.07. The second-order valence-corrected chi connectivity index (χ2v) is 6.31. The van der Waals surface area contributed by atoms with E-state index < -0.39 is 0 Å². The van der Waals surface area contributed by atoms with Crippen molar-refractivity contribution in [2.45, 2.75) is 25.4 Å². The van der Waals surface area contributed by atoms with Crippen molar-refractivity contribution in [1.82, 2.24) is 0 Å². The summed E-state index contributed by atoms with van der Waals surface area (Å²) in [5, 5.41) is 4.52. The Kier molecular flexibility index (Phi) is 4.12. The molecule has 2 aromatic rings. The molecular weight excluding hydrogens is 286 g/mol. The summed E-state index contributed by atoms with van der Waals surface area (Å²) in [7, 11) is 0. The smallest absolute Gasteiger partial charge is 0.145 e. The molecule has 1 fully saturated rings. The number of fused-ring (bicyclic) bond motifs is 1. The number of aryl methyl sites for hydroxylation is 1. The fourth-order valence-electron chi connectivity index (χ4n) is 3.25. The van der Waals surface area contributed by atoms with Gasteiger partial charge in [0.05, 0.1) is 12.3 Å². The van der Waals surface area contributed by atoms with Crippen LogP contribution in [0.5, 0.6) is 0 Å². The molecule has 0 radical (unpaired) electrons. The molecule has 2 aliphatic rings. The lowest BCUT2D eigenvalue weighted by Gasteiger charge is -2.26. The third-order valence-corrected chi connectivity index (χ3v) is 4.59. The summed E-state index contributed by atoms with van der Waals surface area (Å²) >= 11 is 0. The Balaban J connectivity index is 1.58. The lowest BCUT2D eigenvalue weighted by Crippen LogP contribution is -2.26. The SMILES string of the molecule is c1ccc(CC2CCc3ccccc3C2=NOCC2CO2)cc1. The van der Waals surface area contributed by atoms with E-state index in [0.717, 1.165) is 31.6 Å². The van der Waals surface area contributed by atoms with Crippen LogP contribution in [-0.4, -0.2) is 25.0 Å². The Labute approximate surface area is 136 Å². The maximum Gasteiger partial charge on any atom is 0.145 e. The molecule has 1 heterocycles. The molecule has 0 saturated carbocycles. The Morgan fingerprint density at radius 3 is 2.65 bits per heavy atom. The number of nitrogens with zero attached hydrogens (tertiary/aromatic N) is 1. The lowest BCUT2D eigenvalue weighted by molar-refractivity contribution is 0.123.